The molecule has 1 fully saturated rings. The number of hydrogen-bond donors (Lipinski definition) is 1. The molecule has 2 aromatic rings. The van der Waals surface area contributed by atoms with Gasteiger partial charge in [-0.2, -0.15) is 4.98 Å². The summed E-state index contributed by atoms with van der Waals surface area (Å²) < 4.78 is 10.3. The topological polar surface area (TPSA) is 107 Å². The molecule has 10 heteroatoms. The third-order valence-corrected chi connectivity index (χ3v) is 3.87. The van der Waals surface area contributed by atoms with Gasteiger partial charge in [-0.1, -0.05) is 5.16 Å². The zero-order valence-corrected chi connectivity index (χ0v) is 14.1. The number of nitro groups is 1. The first kappa shape index (κ1) is 18.1. The van der Waals surface area contributed by atoms with Crippen molar-refractivity contribution in [2.75, 3.05) is 33.8 Å². The number of halogens is 1. The predicted octanol–water partition coefficient (Wildman–Crippen LogP) is 1.65. The van der Waals surface area contributed by atoms with Crippen LogP contribution < -0.4 is 10.1 Å². The number of likely N-dealkylation sites (N-methyl/N-ethyl adjacent to an activating group) is 1. The van der Waals surface area contributed by atoms with E-state index in [-0.39, 0.29) is 35.8 Å². The molecule has 1 aromatic heterocycles. The predicted molar refractivity (Wildman–Crippen MR) is 88.4 cm³/mol. The van der Waals surface area contributed by atoms with Gasteiger partial charge in [-0.25, -0.2) is 0 Å². The van der Waals surface area contributed by atoms with Gasteiger partial charge < -0.3 is 14.6 Å². The SMILES string of the molecule is COc1ccc(-c2nc(C3CNCCN3C)no2)cc1[N+](=O)[O-].Cl. The molecule has 9 nitrogen and oxygen atoms in total. The first-order valence-electron chi connectivity index (χ1n) is 7.17. The first-order chi connectivity index (χ1) is 11.1. The van der Waals surface area contributed by atoms with Crippen molar-refractivity contribution in [1.29, 1.82) is 0 Å². The molecule has 1 aliphatic rings. The fourth-order valence-electron chi connectivity index (χ4n) is 2.55. The van der Waals surface area contributed by atoms with E-state index in [1.165, 1.54) is 19.2 Å². The average molecular weight is 356 g/mol. The lowest BCUT2D eigenvalue weighted by Crippen LogP contribution is -2.44. The molecule has 0 bridgehead atoms. The molecule has 0 saturated carbocycles. The molecule has 1 atom stereocenters. The van der Waals surface area contributed by atoms with Crippen LogP contribution >= 0.6 is 12.4 Å². The molecule has 1 aromatic carbocycles. The number of benzene rings is 1. The van der Waals surface area contributed by atoms with Crippen LogP contribution in [-0.4, -0.2) is 53.8 Å². The van der Waals surface area contributed by atoms with Crippen molar-refractivity contribution >= 4 is 18.1 Å². The minimum absolute atomic E-state index is 0. The molecule has 2 heterocycles. The second kappa shape index (κ2) is 7.56. The maximum atomic E-state index is 11.1. The van der Waals surface area contributed by atoms with Gasteiger partial charge >= 0.3 is 5.69 Å². The second-order valence-corrected chi connectivity index (χ2v) is 5.30. The van der Waals surface area contributed by atoms with E-state index in [2.05, 4.69) is 20.4 Å². The Bertz CT molecular complexity index is 723. The number of nitrogens with one attached hydrogen (secondary N) is 1. The van der Waals surface area contributed by atoms with E-state index in [9.17, 15) is 10.1 Å². The molecule has 3 rings (SSSR count). The number of nitro benzene ring substituents is 1. The van der Waals surface area contributed by atoms with Gasteiger partial charge in [0.25, 0.3) is 5.89 Å². The van der Waals surface area contributed by atoms with E-state index >= 15 is 0 Å². The number of methoxy groups -OCH3 is 1. The Morgan fingerprint density at radius 1 is 1.50 bits per heavy atom. The molecule has 130 valence electrons. The smallest absolute Gasteiger partial charge is 0.311 e. The number of piperazine rings is 1. The monoisotopic (exact) mass is 355 g/mol. The van der Waals surface area contributed by atoms with Crippen LogP contribution in [0.2, 0.25) is 0 Å². The summed E-state index contributed by atoms with van der Waals surface area (Å²) in [6.45, 7) is 2.54. The highest BCUT2D eigenvalue weighted by atomic mass is 35.5. The molecule has 1 N–H and O–H groups in total. The Hall–Kier alpha value is -2.23. The third kappa shape index (κ3) is 3.48. The van der Waals surface area contributed by atoms with Gasteiger partial charge in [0.1, 0.15) is 0 Å². The molecule has 24 heavy (non-hydrogen) atoms. The summed E-state index contributed by atoms with van der Waals surface area (Å²) >= 11 is 0. The Kier molecular flexibility index (Phi) is 5.71. The van der Waals surface area contributed by atoms with E-state index in [1.54, 1.807) is 6.07 Å². The van der Waals surface area contributed by atoms with Crippen LogP contribution in [0, 0.1) is 10.1 Å². The minimum atomic E-state index is -0.502. The summed E-state index contributed by atoms with van der Waals surface area (Å²) in [4.78, 5) is 17.1. The molecule has 0 spiro atoms. The molecule has 1 unspecified atom stereocenters. The summed E-state index contributed by atoms with van der Waals surface area (Å²) in [5, 5.41) is 18.4. The lowest BCUT2D eigenvalue weighted by atomic mass is 10.1. The standard InChI is InChI=1S/C14H17N5O4.ClH/c1-18-6-5-15-8-11(18)13-16-14(23-17-13)9-3-4-12(22-2)10(7-9)19(20)21;/h3-4,7,11,15H,5-6,8H2,1-2H3;1H. The Labute approximate surface area is 144 Å². The summed E-state index contributed by atoms with van der Waals surface area (Å²) in [6, 6.07) is 4.57. The maximum Gasteiger partial charge on any atom is 0.311 e. The maximum absolute atomic E-state index is 11.1. The van der Waals surface area contributed by atoms with Crippen LogP contribution in [0.4, 0.5) is 5.69 Å². The van der Waals surface area contributed by atoms with Crippen molar-refractivity contribution in [2.24, 2.45) is 0 Å². The van der Waals surface area contributed by atoms with E-state index < -0.39 is 4.92 Å². The fourth-order valence-corrected chi connectivity index (χ4v) is 2.55. The largest absolute Gasteiger partial charge is 0.490 e. The van der Waals surface area contributed by atoms with Crippen LogP contribution in [-0.2, 0) is 0 Å². The van der Waals surface area contributed by atoms with Crippen molar-refractivity contribution in [2.45, 2.75) is 6.04 Å². The van der Waals surface area contributed by atoms with Crippen LogP contribution in [0.1, 0.15) is 11.9 Å². The molecule has 0 radical (unpaired) electrons. The zero-order chi connectivity index (χ0) is 16.4. The van der Waals surface area contributed by atoms with Crippen molar-refractivity contribution in [3.05, 3.63) is 34.1 Å². The number of nitrogens with zero attached hydrogens (tertiary/aromatic N) is 4. The summed E-state index contributed by atoms with van der Waals surface area (Å²) in [5.74, 6) is 1.01. The number of aromatic nitrogens is 2. The number of ether oxygens (including phenoxy) is 1. The minimum Gasteiger partial charge on any atom is -0.490 e. The van der Waals surface area contributed by atoms with Crippen LogP contribution in [0.15, 0.2) is 22.7 Å². The molecule has 1 saturated heterocycles. The van der Waals surface area contributed by atoms with Gasteiger partial charge in [0.05, 0.1) is 18.1 Å². The van der Waals surface area contributed by atoms with Gasteiger partial charge in [-0.05, 0) is 19.2 Å². The summed E-state index contributed by atoms with van der Waals surface area (Å²) in [7, 11) is 3.39. The molecule has 0 aliphatic carbocycles. The van der Waals surface area contributed by atoms with Crippen molar-refractivity contribution in [3.8, 4) is 17.2 Å². The van der Waals surface area contributed by atoms with Gasteiger partial charge in [-0.15, -0.1) is 12.4 Å². The molecular formula is C14H18ClN5O4. The van der Waals surface area contributed by atoms with Gasteiger partial charge in [0.15, 0.2) is 11.6 Å². The lowest BCUT2D eigenvalue weighted by molar-refractivity contribution is -0.385. The van der Waals surface area contributed by atoms with Crippen LogP contribution in [0.25, 0.3) is 11.5 Å². The van der Waals surface area contributed by atoms with E-state index in [4.69, 9.17) is 9.26 Å². The number of rotatable bonds is 4. The molecule has 1 aliphatic heterocycles. The van der Waals surface area contributed by atoms with E-state index in [0.29, 0.717) is 11.4 Å². The fraction of sp³-hybridized carbons (Fsp3) is 0.429. The van der Waals surface area contributed by atoms with E-state index in [0.717, 1.165) is 19.6 Å². The quantitative estimate of drug-likeness (QED) is 0.651. The van der Waals surface area contributed by atoms with Gasteiger partial charge in [0, 0.05) is 31.3 Å². The van der Waals surface area contributed by atoms with Crippen LogP contribution in [0.3, 0.4) is 0 Å². The highest BCUT2D eigenvalue weighted by molar-refractivity contribution is 5.85. The zero-order valence-electron chi connectivity index (χ0n) is 13.3. The van der Waals surface area contributed by atoms with Crippen molar-refractivity contribution < 1.29 is 14.2 Å². The lowest BCUT2D eigenvalue weighted by Gasteiger charge is -2.30. The van der Waals surface area contributed by atoms with E-state index in [1.807, 2.05) is 7.05 Å². The van der Waals surface area contributed by atoms with Crippen molar-refractivity contribution in [3.63, 3.8) is 0 Å². The normalized spacial score (nSPS) is 18.0. The second-order valence-electron chi connectivity index (χ2n) is 5.30. The highest BCUT2D eigenvalue weighted by Crippen LogP contribution is 2.32. The Balaban J connectivity index is 0.00000208. The Morgan fingerprint density at radius 2 is 2.29 bits per heavy atom. The highest BCUT2D eigenvalue weighted by Gasteiger charge is 2.26. The third-order valence-electron chi connectivity index (χ3n) is 3.87. The summed E-state index contributed by atoms with van der Waals surface area (Å²) in [5.41, 5.74) is 0.351. The Morgan fingerprint density at radius 3 is 2.96 bits per heavy atom. The number of hydrogen-bond acceptors (Lipinski definition) is 8. The molecular weight excluding hydrogens is 338 g/mol. The van der Waals surface area contributed by atoms with Gasteiger partial charge in [0.2, 0.25) is 0 Å². The summed E-state index contributed by atoms with van der Waals surface area (Å²) in [6.07, 6.45) is 0. The van der Waals surface area contributed by atoms with Gasteiger partial charge in [-0.3, -0.25) is 15.0 Å². The average Bonchev–Trinajstić information content (AvgIpc) is 3.04. The first-order valence-corrected chi connectivity index (χ1v) is 7.17. The molecule has 0 amide bonds. The van der Waals surface area contributed by atoms with Crippen LogP contribution in [0.5, 0.6) is 5.75 Å². The van der Waals surface area contributed by atoms with Crippen molar-refractivity contribution in [1.82, 2.24) is 20.4 Å².